The van der Waals surface area contributed by atoms with E-state index in [9.17, 15) is 9.59 Å². The quantitative estimate of drug-likeness (QED) is 0.500. The highest BCUT2D eigenvalue weighted by molar-refractivity contribution is 7.14. The molecule has 2 aromatic carbocycles. The van der Waals surface area contributed by atoms with Crippen molar-refractivity contribution in [3.8, 4) is 17.0 Å². The van der Waals surface area contributed by atoms with E-state index in [1.165, 1.54) is 11.3 Å². The van der Waals surface area contributed by atoms with E-state index in [1.54, 1.807) is 17.7 Å². The molecule has 2 heterocycles. The second-order valence-electron chi connectivity index (χ2n) is 6.88. The van der Waals surface area contributed by atoms with Gasteiger partial charge < -0.3 is 14.6 Å². The predicted molar refractivity (Wildman–Crippen MR) is 120 cm³/mol. The highest BCUT2D eigenvalue weighted by Crippen LogP contribution is 2.27. The van der Waals surface area contributed by atoms with Crippen LogP contribution in [0.25, 0.3) is 22.2 Å². The Morgan fingerprint density at radius 1 is 1.17 bits per heavy atom. The molecule has 0 unspecified atom stereocenters. The van der Waals surface area contributed by atoms with Crippen molar-refractivity contribution in [3.63, 3.8) is 0 Å². The van der Waals surface area contributed by atoms with Crippen LogP contribution in [-0.2, 0) is 11.3 Å². The van der Waals surface area contributed by atoms with Crippen molar-refractivity contribution in [2.24, 2.45) is 0 Å². The summed E-state index contributed by atoms with van der Waals surface area (Å²) >= 11 is 1.38. The lowest BCUT2D eigenvalue weighted by Crippen LogP contribution is -2.24. The number of nitrogens with zero attached hydrogens (tertiary/aromatic N) is 2. The fraction of sp³-hybridized carbons (Fsp3) is 0.174. The number of nitrogens with one attached hydrogen (secondary N) is 1. The lowest BCUT2D eigenvalue weighted by atomic mass is 10.1. The highest BCUT2D eigenvalue weighted by Gasteiger charge is 2.13. The number of hydrogen-bond acceptors (Lipinski definition) is 5. The number of thiazole rings is 1. The van der Waals surface area contributed by atoms with Crippen LogP contribution in [0.3, 0.4) is 0 Å². The summed E-state index contributed by atoms with van der Waals surface area (Å²) in [6.07, 6.45) is 0.149. The van der Waals surface area contributed by atoms with Gasteiger partial charge in [-0.25, -0.2) is 4.98 Å². The molecule has 0 aliphatic rings. The molecule has 4 rings (SSSR count). The molecule has 0 aliphatic carbocycles. The fourth-order valence-corrected chi connectivity index (χ4v) is 4.16. The zero-order valence-corrected chi connectivity index (χ0v) is 17.5. The number of aromatic nitrogens is 2. The van der Waals surface area contributed by atoms with Gasteiger partial charge in [-0.15, -0.1) is 11.3 Å². The molecule has 0 saturated carbocycles. The van der Waals surface area contributed by atoms with E-state index >= 15 is 0 Å². The van der Waals surface area contributed by atoms with Crippen LogP contribution in [0.1, 0.15) is 12.0 Å². The average molecular weight is 420 g/mol. The van der Waals surface area contributed by atoms with Crippen molar-refractivity contribution in [3.05, 3.63) is 75.9 Å². The predicted octanol–water partition coefficient (Wildman–Crippen LogP) is 4.47. The van der Waals surface area contributed by atoms with E-state index in [4.69, 9.17) is 4.74 Å². The first-order valence-electron chi connectivity index (χ1n) is 9.55. The maximum absolute atomic E-state index is 12.6. The molecule has 0 radical (unpaired) electrons. The number of rotatable bonds is 6. The largest absolute Gasteiger partial charge is 0.495 e. The van der Waals surface area contributed by atoms with E-state index in [2.05, 4.69) is 10.3 Å². The fourth-order valence-electron chi connectivity index (χ4n) is 3.42. The van der Waals surface area contributed by atoms with Crippen molar-refractivity contribution in [1.29, 1.82) is 0 Å². The second kappa shape index (κ2) is 8.51. The van der Waals surface area contributed by atoms with Crippen LogP contribution in [0.5, 0.6) is 5.75 Å². The monoisotopic (exact) mass is 419 g/mol. The first-order valence-corrected chi connectivity index (χ1v) is 10.4. The molecular formula is C23H21N3O3S. The normalized spacial score (nSPS) is 10.9. The molecule has 0 saturated heterocycles. The number of ether oxygens (including phenoxy) is 1. The smallest absolute Gasteiger partial charge is 0.251 e. The molecule has 1 amide bonds. The summed E-state index contributed by atoms with van der Waals surface area (Å²) in [6, 6.07) is 17.0. The Labute approximate surface area is 177 Å². The number of carbonyl (C=O) groups is 1. The average Bonchev–Trinajstić information content (AvgIpc) is 3.22. The zero-order valence-electron chi connectivity index (χ0n) is 16.7. The molecule has 6 nitrogen and oxygen atoms in total. The third-order valence-corrected chi connectivity index (χ3v) is 5.66. The van der Waals surface area contributed by atoms with Gasteiger partial charge in [-0.3, -0.25) is 9.59 Å². The maximum Gasteiger partial charge on any atom is 0.251 e. The molecule has 1 N–H and O–H groups in total. The van der Waals surface area contributed by atoms with E-state index in [-0.39, 0.29) is 24.4 Å². The number of anilines is 1. The summed E-state index contributed by atoms with van der Waals surface area (Å²) in [5.74, 6) is 0.417. The topological polar surface area (TPSA) is 73.2 Å². The molecule has 0 fully saturated rings. The Morgan fingerprint density at radius 3 is 2.73 bits per heavy atom. The highest BCUT2D eigenvalue weighted by atomic mass is 32.1. The summed E-state index contributed by atoms with van der Waals surface area (Å²) in [5.41, 5.74) is 3.25. The Bertz CT molecular complexity index is 1260. The van der Waals surface area contributed by atoms with Gasteiger partial charge in [-0.1, -0.05) is 42.5 Å². The van der Waals surface area contributed by atoms with Crippen molar-refractivity contribution in [1.82, 2.24) is 9.55 Å². The van der Waals surface area contributed by atoms with Crippen LogP contribution in [0.15, 0.2) is 64.8 Å². The Hall–Kier alpha value is -3.45. The third kappa shape index (κ3) is 3.97. The molecule has 7 heteroatoms. The molecular weight excluding hydrogens is 398 g/mol. The SMILES string of the molecule is COc1cccc2c(C)cc(=O)n(CCC(=O)Nc3nc(-c4ccccc4)cs3)c12. The standard InChI is InChI=1S/C23H21N3O3S/c1-15-13-21(28)26(22-17(15)9-6-10-19(22)29-2)12-11-20(27)25-23-24-18(14-30-23)16-7-4-3-5-8-16/h3-10,13-14H,11-12H2,1-2H3,(H,24,25,27). The van der Waals surface area contributed by atoms with E-state index in [0.29, 0.717) is 16.4 Å². The van der Waals surface area contributed by atoms with Gasteiger partial charge in [0.1, 0.15) is 5.75 Å². The molecule has 0 atom stereocenters. The zero-order chi connectivity index (χ0) is 21.1. The Morgan fingerprint density at radius 2 is 1.97 bits per heavy atom. The molecule has 0 aliphatic heterocycles. The lowest BCUT2D eigenvalue weighted by Gasteiger charge is -2.14. The van der Waals surface area contributed by atoms with Gasteiger partial charge in [0.25, 0.3) is 5.56 Å². The number of aryl methyl sites for hydroxylation is 2. The summed E-state index contributed by atoms with van der Waals surface area (Å²) in [4.78, 5) is 29.6. The van der Waals surface area contributed by atoms with Gasteiger partial charge in [0.15, 0.2) is 5.13 Å². The molecule has 30 heavy (non-hydrogen) atoms. The van der Waals surface area contributed by atoms with Crippen LogP contribution in [0.4, 0.5) is 5.13 Å². The van der Waals surface area contributed by atoms with Crippen molar-refractivity contribution < 1.29 is 9.53 Å². The third-order valence-electron chi connectivity index (χ3n) is 4.90. The van der Waals surface area contributed by atoms with Gasteiger partial charge in [0.2, 0.25) is 5.91 Å². The number of pyridine rings is 1. The first-order chi connectivity index (χ1) is 14.6. The minimum Gasteiger partial charge on any atom is -0.495 e. The number of benzene rings is 2. The minimum absolute atomic E-state index is 0.149. The minimum atomic E-state index is -0.195. The maximum atomic E-state index is 12.6. The summed E-state index contributed by atoms with van der Waals surface area (Å²) in [5, 5.41) is 6.21. The lowest BCUT2D eigenvalue weighted by molar-refractivity contribution is -0.116. The van der Waals surface area contributed by atoms with Crippen LogP contribution < -0.4 is 15.6 Å². The summed E-state index contributed by atoms with van der Waals surface area (Å²) < 4.78 is 7.05. The van der Waals surface area contributed by atoms with Crippen LogP contribution in [-0.4, -0.2) is 22.6 Å². The number of methoxy groups -OCH3 is 1. The molecule has 0 spiro atoms. The van der Waals surface area contributed by atoms with Gasteiger partial charge >= 0.3 is 0 Å². The summed E-state index contributed by atoms with van der Waals surface area (Å²) in [6.45, 7) is 2.14. The van der Waals surface area contributed by atoms with Gasteiger partial charge in [0, 0.05) is 35.4 Å². The van der Waals surface area contributed by atoms with Crippen molar-refractivity contribution in [2.45, 2.75) is 19.9 Å². The van der Waals surface area contributed by atoms with Gasteiger partial charge in [-0.2, -0.15) is 0 Å². The number of fused-ring (bicyclic) bond motifs is 1. The Balaban J connectivity index is 1.52. The van der Waals surface area contributed by atoms with Gasteiger partial charge in [-0.05, 0) is 18.6 Å². The van der Waals surface area contributed by atoms with E-state index in [1.807, 2.05) is 60.8 Å². The number of amides is 1. The summed E-state index contributed by atoms with van der Waals surface area (Å²) in [7, 11) is 1.57. The molecule has 0 bridgehead atoms. The van der Waals surface area contributed by atoms with Crippen LogP contribution in [0.2, 0.25) is 0 Å². The second-order valence-corrected chi connectivity index (χ2v) is 7.73. The van der Waals surface area contributed by atoms with E-state index in [0.717, 1.165) is 22.2 Å². The van der Waals surface area contributed by atoms with Crippen molar-refractivity contribution in [2.75, 3.05) is 12.4 Å². The van der Waals surface area contributed by atoms with E-state index < -0.39 is 0 Å². The number of hydrogen-bond donors (Lipinski definition) is 1. The molecule has 4 aromatic rings. The van der Waals surface area contributed by atoms with Crippen LogP contribution >= 0.6 is 11.3 Å². The molecule has 2 aromatic heterocycles. The van der Waals surface area contributed by atoms with Crippen molar-refractivity contribution >= 4 is 33.3 Å². The Kier molecular flexibility index (Phi) is 5.63. The first kappa shape index (κ1) is 19.8. The van der Waals surface area contributed by atoms with Crippen LogP contribution in [0, 0.1) is 6.92 Å². The molecule has 152 valence electrons. The number of carbonyl (C=O) groups excluding carboxylic acids is 1. The number of para-hydroxylation sites is 1. The van der Waals surface area contributed by atoms with Gasteiger partial charge in [0.05, 0.1) is 18.3 Å².